The SMILES string of the molecule is c1ccc(-c2cccc(-n3cc4c5c(cccc53)-c3c(c5ccccc5c5ccccc35)-c3ccccc3-4)c2)cc1.c1ccc(-n2cc3c4c(cccc42)-c2c(c4ccccc4c4ccccc24)-c2ccccc2-3)cc1.c1ccc(-n2cc3c4c(cccc42)-c2c(c4ccccc4c4ccccc24)-c2ccccc2-3)nc1. The molecule has 0 atom stereocenters. The fraction of sp³-hybridized carbons (Fsp3) is 0. The first-order valence-corrected chi connectivity index (χ1v) is 38.3. The van der Waals surface area contributed by atoms with Crippen molar-refractivity contribution in [2.75, 3.05) is 0 Å². The minimum Gasteiger partial charge on any atom is -0.316 e. The van der Waals surface area contributed by atoms with Crippen LogP contribution in [0.3, 0.4) is 0 Å². The van der Waals surface area contributed by atoms with Crippen LogP contribution in [0.15, 0.2) is 401 Å². The second-order valence-corrected chi connectivity index (χ2v) is 29.4. The smallest absolute Gasteiger partial charge is 0.137 e. The van der Waals surface area contributed by atoms with Crippen LogP contribution in [-0.4, -0.2) is 18.7 Å². The van der Waals surface area contributed by atoms with Gasteiger partial charge in [-0.3, -0.25) is 0 Å². The molecule has 0 aliphatic heterocycles. The Kier molecular flexibility index (Phi) is 14.0. The van der Waals surface area contributed by atoms with Gasteiger partial charge in [-0.15, -0.1) is 0 Å². The highest BCUT2D eigenvalue weighted by molar-refractivity contribution is 6.31. The van der Waals surface area contributed by atoms with Gasteiger partial charge >= 0.3 is 0 Å². The molecule has 0 saturated heterocycles. The van der Waals surface area contributed by atoms with Crippen molar-refractivity contribution in [1.82, 2.24) is 18.7 Å². The van der Waals surface area contributed by atoms with Crippen LogP contribution in [0.25, 0.3) is 226 Å². The summed E-state index contributed by atoms with van der Waals surface area (Å²) in [5.74, 6) is 0.933. The molecule has 514 valence electrons. The maximum absolute atomic E-state index is 4.67. The van der Waals surface area contributed by atoms with E-state index in [2.05, 4.69) is 401 Å². The zero-order valence-electron chi connectivity index (χ0n) is 60.4. The summed E-state index contributed by atoms with van der Waals surface area (Å²) in [4.78, 5) is 4.67. The van der Waals surface area contributed by atoms with Crippen molar-refractivity contribution >= 4 is 97.3 Å². The van der Waals surface area contributed by atoms with E-state index in [0.29, 0.717) is 0 Å². The van der Waals surface area contributed by atoms with E-state index < -0.39 is 0 Å². The Morgan fingerprint density at radius 3 is 0.820 bits per heavy atom. The lowest BCUT2D eigenvalue weighted by atomic mass is 9.85. The van der Waals surface area contributed by atoms with Crippen molar-refractivity contribution in [3.63, 3.8) is 0 Å². The molecule has 0 spiro atoms. The Labute approximate surface area is 641 Å². The minimum absolute atomic E-state index is 0.933. The Balaban J connectivity index is 0.000000100. The number of rotatable bonds is 4. The predicted molar refractivity (Wildman–Crippen MR) is 468 cm³/mol. The number of nitrogens with zero attached hydrogens (tertiary/aromatic N) is 4. The van der Waals surface area contributed by atoms with Crippen LogP contribution < -0.4 is 0 Å². The van der Waals surface area contributed by atoms with Crippen molar-refractivity contribution in [2.45, 2.75) is 0 Å². The molecule has 4 aromatic heterocycles. The van der Waals surface area contributed by atoms with Crippen molar-refractivity contribution < 1.29 is 0 Å². The van der Waals surface area contributed by atoms with Gasteiger partial charge in [0.05, 0.1) is 16.6 Å². The highest BCUT2D eigenvalue weighted by atomic mass is 15.1. The monoisotopic (exact) mass is 1410 g/mol. The quantitative estimate of drug-likeness (QED) is 0.161. The second-order valence-electron chi connectivity index (χ2n) is 29.4. The molecule has 4 heteroatoms. The largest absolute Gasteiger partial charge is 0.316 e. The van der Waals surface area contributed by atoms with Gasteiger partial charge < -0.3 is 13.7 Å². The van der Waals surface area contributed by atoms with Crippen LogP contribution in [0.1, 0.15) is 0 Å². The summed E-state index contributed by atoms with van der Waals surface area (Å²) < 4.78 is 6.96. The summed E-state index contributed by atoms with van der Waals surface area (Å²) in [5.41, 5.74) is 31.8. The van der Waals surface area contributed by atoms with Crippen LogP contribution in [0.5, 0.6) is 0 Å². The normalized spacial score (nSPS) is 12.0. The predicted octanol–water partition coefficient (Wildman–Crippen LogP) is 28.8. The maximum Gasteiger partial charge on any atom is 0.137 e. The summed E-state index contributed by atoms with van der Waals surface area (Å²) in [6, 6.07) is 137. The zero-order valence-corrected chi connectivity index (χ0v) is 60.4. The lowest BCUT2D eigenvalue weighted by molar-refractivity contribution is 1.04. The standard InChI is InChI=1S/C40H25N.C34H21N.C33H20N2/c1-2-12-26(13-3-1)27-14-10-15-28(24-27)41-25-36-31-18-6-9-21-34(31)39-32-19-7-4-16-29(32)30-17-5-8-20-33(30)40(39)35-22-11-23-37(41)38(35)36;1-2-11-22(12-3-1)35-21-30-25-15-6-9-18-28(25)33-26-16-7-4-13-23(26)24-14-5-8-17-27(24)34(33)29-19-10-20-31(35)32(29)30;1-4-13-24-21(10-1)22-11-2-5-14-25(22)33-27-16-9-17-29-31(27)28(20-35(29)30-18-7-8-19-34-30)23-12-3-6-15-26(23)32(24)33/h1-25H;1-21H;1-20H. The Morgan fingerprint density at radius 2 is 0.441 bits per heavy atom. The van der Waals surface area contributed by atoms with E-state index in [9.17, 15) is 0 Å². The summed E-state index contributed by atoms with van der Waals surface area (Å²) in [5, 5.41) is 19.6. The molecule has 0 bridgehead atoms. The van der Waals surface area contributed by atoms with Crippen LogP contribution in [-0.2, 0) is 0 Å². The first-order chi connectivity index (χ1) is 55.2. The van der Waals surface area contributed by atoms with Gasteiger partial charge in [0.15, 0.2) is 0 Å². The molecule has 25 rings (SSSR count). The van der Waals surface area contributed by atoms with E-state index in [1.165, 1.54) is 220 Å². The van der Waals surface area contributed by atoms with Gasteiger partial charge in [-0.25, -0.2) is 4.98 Å². The van der Waals surface area contributed by atoms with E-state index in [1.807, 2.05) is 18.3 Å². The molecule has 3 aliphatic rings. The number of aromatic nitrogens is 4. The molecule has 0 radical (unpaired) electrons. The average molecular weight is 1410 g/mol. The Hall–Kier alpha value is -14.7. The fourth-order valence-electron chi connectivity index (χ4n) is 19.2. The highest BCUT2D eigenvalue weighted by Crippen LogP contribution is 2.58. The van der Waals surface area contributed by atoms with Crippen LogP contribution in [0.4, 0.5) is 0 Å². The Bertz CT molecular complexity index is 7330. The molecule has 22 aromatic rings. The maximum atomic E-state index is 4.67. The molecular weight excluding hydrogens is 1340 g/mol. The molecule has 0 amide bonds. The van der Waals surface area contributed by atoms with Crippen molar-refractivity contribution in [3.05, 3.63) is 401 Å². The summed E-state index contributed by atoms with van der Waals surface area (Å²) in [6.45, 7) is 0. The molecule has 4 nitrogen and oxygen atoms in total. The lowest BCUT2D eigenvalue weighted by Gasteiger charge is -2.19. The van der Waals surface area contributed by atoms with Gasteiger partial charge in [0.2, 0.25) is 0 Å². The number of hydrogen-bond acceptors (Lipinski definition) is 1. The number of pyridine rings is 1. The molecular formula is C107H66N4. The molecule has 18 aromatic carbocycles. The topological polar surface area (TPSA) is 27.7 Å². The van der Waals surface area contributed by atoms with Crippen LogP contribution in [0.2, 0.25) is 0 Å². The van der Waals surface area contributed by atoms with Crippen LogP contribution in [0, 0.1) is 0 Å². The van der Waals surface area contributed by atoms with Gasteiger partial charge in [0.25, 0.3) is 0 Å². The summed E-state index contributed by atoms with van der Waals surface area (Å²) in [6.07, 6.45) is 8.82. The summed E-state index contributed by atoms with van der Waals surface area (Å²) in [7, 11) is 0. The molecule has 3 aliphatic carbocycles. The van der Waals surface area contributed by atoms with Gasteiger partial charge in [-0.05, 0) is 214 Å². The first-order valence-electron chi connectivity index (χ1n) is 38.3. The van der Waals surface area contributed by atoms with E-state index in [1.54, 1.807) is 0 Å². The molecule has 0 fully saturated rings. The number of para-hydroxylation sites is 1. The molecule has 0 saturated carbocycles. The minimum atomic E-state index is 0.933. The van der Waals surface area contributed by atoms with E-state index in [0.717, 1.165) is 5.82 Å². The van der Waals surface area contributed by atoms with Gasteiger partial charge in [0.1, 0.15) is 5.82 Å². The van der Waals surface area contributed by atoms with Crippen molar-refractivity contribution in [1.29, 1.82) is 0 Å². The third kappa shape index (κ3) is 9.45. The third-order valence-electron chi connectivity index (χ3n) is 23.7. The molecule has 0 N–H and O–H groups in total. The molecule has 4 heterocycles. The number of benzene rings is 18. The van der Waals surface area contributed by atoms with E-state index in [-0.39, 0.29) is 0 Å². The zero-order chi connectivity index (χ0) is 72.8. The number of fused-ring (bicyclic) bond motifs is 30. The second kappa shape index (κ2) is 24.9. The van der Waals surface area contributed by atoms with Crippen molar-refractivity contribution in [2.24, 2.45) is 0 Å². The first kappa shape index (κ1) is 62.5. The molecule has 111 heavy (non-hydrogen) atoms. The summed E-state index contributed by atoms with van der Waals surface area (Å²) >= 11 is 0. The van der Waals surface area contributed by atoms with Crippen LogP contribution >= 0.6 is 0 Å². The lowest BCUT2D eigenvalue weighted by Crippen LogP contribution is -1.95. The van der Waals surface area contributed by atoms with Gasteiger partial charge in [-0.2, -0.15) is 0 Å². The average Bonchev–Trinajstić information content (AvgIpc) is 1.40. The van der Waals surface area contributed by atoms with Gasteiger partial charge in [0, 0.05) is 69.0 Å². The molecule has 0 unspecified atom stereocenters. The van der Waals surface area contributed by atoms with Gasteiger partial charge in [-0.1, -0.05) is 322 Å². The fourth-order valence-corrected chi connectivity index (χ4v) is 19.2. The third-order valence-corrected chi connectivity index (χ3v) is 23.7. The van der Waals surface area contributed by atoms with E-state index in [4.69, 9.17) is 0 Å². The Morgan fingerprint density at radius 1 is 0.171 bits per heavy atom. The highest BCUT2D eigenvalue weighted by Gasteiger charge is 2.32. The van der Waals surface area contributed by atoms with E-state index >= 15 is 0 Å². The van der Waals surface area contributed by atoms with Crippen molar-refractivity contribution in [3.8, 4) is 128 Å². The number of hydrogen-bond donors (Lipinski definition) is 0.